The summed E-state index contributed by atoms with van der Waals surface area (Å²) in [7, 11) is 0. The Balaban J connectivity index is 2.51. The Morgan fingerprint density at radius 3 is 2.92 bits per heavy atom. The summed E-state index contributed by atoms with van der Waals surface area (Å²) in [5.41, 5.74) is 1.30. The second-order valence-corrected chi connectivity index (χ2v) is 4.06. The third-order valence-corrected chi connectivity index (χ3v) is 2.45. The van der Waals surface area contributed by atoms with Gasteiger partial charge < -0.3 is 4.85 Å². The van der Waals surface area contributed by atoms with Gasteiger partial charge in [-0.05, 0) is 24.1 Å². The molecule has 13 heavy (non-hydrogen) atoms. The molecule has 0 amide bonds. The molecule has 0 aliphatic heterocycles. The molecular weight excluding hydrogens is 226 g/mol. The first-order valence-corrected chi connectivity index (χ1v) is 5.12. The van der Waals surface area contributed by atoms with Gasteiger partial charge in [0.05, 0.1) is 0 Å². The van der Waals surface area contributed by atoms with Gasteiger partial charge in [-0.1, -0.05) is 28.1 Å². The minimum Gasteiger partial charge on any atom is -0.314 e. The molecule has 1 aromatic rings. The lowest BCUT2D eigenvalue weighted by Gasteiger charge is -2.01. The Bertz CT molecular complexity index is 314. The average Bonchev–Trinajstić information content (AvgIpc) is 2.14. The van der Waals surface area contributed by atoms with Crippen LogP contribution in [0.3, 0.4) is 0 Å². The summed E-state index contributed by atoms with van der Waals surface area (Å²) in [4.78, 5) is 3.46. The van der Waals surface area contributed by atoms with Gasteiger partial charge in [-0.3, -0.25) is 0 Å². The van der Waals surface area contributed by atoms with E-state index in [-0.39, 0.29) is 6.04 Å². The third-order valence-electron chi connectivity index (χ3n) is 1.96. The van der Waals surface area contributed by atoms with E-state index in [2.05, 4.69) is 32.9 Å². The fourth-order valence-electron chi connectivity index (χ4n) is 1.13. The summed E-state index contributed by atoms with van der Waals surface area (Å²) in [5, 5.41) is 0. The van der Waals surface area contributed by atoms with E-state index in [1.165, 1.54) is 5.56 Å². The predicted octanol–water partition coefficient (Wildman–Crippen LogP) is 3.69. The van der Waals surface area contributed by atoms with Crippen LogP contribution in [0.2, 0.25) is 0 Å². The summed E-state index contributed by atoms with van der Waals surface area (Å²) >= 11 is 3.43. The quantitative estimate of drug-likeness (QED) is 0.707. The molecule has 68 valence electrons. The zero-order valence-corrected chi connectivity index (χ0v) is 9.21. The first kappa shape index (κ1) is 10.3. The third kappa shape index (κ3) is 3.61. The van der Waals surface area contributed by atoms with E-state index in [1.54, 1.807) is 0 Å². The fraction of sp³-hybridized carbons (Fsp3) is 0.364. The van der Waals surface area contributed by atoms with Crippen LogP contribution in [-0.4, -0.2) is 6.04 Å². The van der Waals surface area contributed by atoms with E-state index in [4.69, 9.17) is 6.57 Å². The summed E-state index contributed by atoms with van der Waals surface area (Å²) in [5.74, 6) is 0. The standard InChI is InChI=1S/C11H12BrN/c1-9(13-2)6-7-10-4-3-5-11(12)8-10/h3-5,8-9H,6-7H2,1H3. The molecule has 0 spiro atoms. The zero-order chi connectivity index (χ0) is 9.68. The van der Waals surface area contributed by atoms with Crippen molar-refractivity contribution in [1.29, 1.82) is 0 Å². The van der Waals surface area contributed by atoms with E-state index in [9.17, 15) is 0 Å². The predicted molar refractivity (Wildman–Crippen MR) is 58.5 cm³/mol. The Morgan fingerprint density at radius 1 is 1.54 bits per heavy atom. The highest BCUT2D eigenvalue weighted by Gasteiger charge is 2.03. The highest BCUT2D eigenvalue weighted by atomic mass is 79.9. The number of halogens is 1. The lowest BCUT2D eigenvalue weighted by Crippen LogP contribution is -1.97. The molecule has 1 aromatic carbocycles. The topological polar surface area (TPSA) is 4.36 Å². The Morgan fingerprint density at radius 2 is 2.31 bits per heavy atom. The van der Waals surface area contributed by atoms with Crippen molar-refractivity contribution >= 4 is 15.9 Å². The van der Waals surface area contributed by atoms with Crippen LogP contribution < -0.4 is 0 Å². The van der Waals surface area contributed by atoms with Crippen LogP contribution in [0.15, 0.2) is 28.7 Å². The van der Waals surface area contributed by atoms with Crippen molar-refractivity contribution < 1.29 is 0 Å². The Hall–Kier alpha value is -0.810. The first-order chi connectivity index (χ1) is 6.22. The van der Waals surface area contributed by atoms with Gasteiger partial charge in [0.2, 0.25) is 6.04 Å². The largest absolute Gasteiger partial charge is 0.314 e. The second-order valence-electron chi connectivity index (χ2n) is 3.15. The second kappa shape index (κ2) is 5.04. The van der Waals surface area contributed by atoms with Crippen LogP contribution in [0.25, 0.3) is 4.85 Å². The van der Waals surface area contributed by atoms with Gasteiger partial charge in [0, 0.05) is 17.8 Å². The fourth-order valence-corrected chi connectivity index (χ4v) is 1.58. The van der Waals surface area contributed by atoms with Gasteiger partial charge in [0.25, 0.3) is 0 Å². The summed E-state index contributed by atoms with van der Waals surface area (Å²) < 4.78 is 1.11. The number of nitrogens with zero attached hydrogens (tertiary/aromatic N) is 1. The van der Waals surface area contributed by atoms with Gasteiger partial charge in [0.1, 0.15) is 0 Å². The molecular formula is C11H12BrN. The number of rotatable bonds is 3. The molecule has 0 fully saturated rings. The lowest BCUT2D eigenvalue weighted by atomic mass is 10.1. The van der Waals surface area contributed by atoms with Gasteiger partial charge in [0.15, 0.2) is 0 Å². The highest BCUT2D eigenvalue weighted by Crippen LogP contribution is 2.14. The van der Waals surface area contributed by atoms with Gasteiger partial charge in [-0.15, -0.1) is 0 Å². The number of benzene rings is 1. The van der Waals surface area contributed by atoms with E-state index in [0.717, 1.165) is 17.3 Å². The van der Waals surface area contributed by atoms with Crippen molar-refractivity contribution in [3.63, 3.8) is 0 Å². The molecule has 0 radical (unpaired) electrons. The molecule has 0 saturated carbocycles. The van der Waals surface area contributed by atoms with Gasteiger partial charge in [-0.2, -0.15) is 0 Å². The van der Waals surface area contributed by atoms with Crippen molar-refractivity contribution in [2.24, 2.45) is 0 Å². The van der Waals surface area contributed by atoms with E-state index < -0.39 is 0 Å². The molecule has 0 saturated heterocycles. The first-order valence-electron chi connectivity index (χ1n) is 4.33. The van der Waals surface area contributed by atoms with E-state index >= 15 is 0 Å². The normalized spacial score (nSPS) is 12.1. The number of aryl methyl sites for hydroxylation is 1. The van der Waals surface area contributed by atoms with Crippen molar-refractivity contribution in [3.8, 4) is 0 Å². The summed E-state index contributed by atoms with van der Waals surface area (Å²) in [6.45, 7) is 8.80. The minimum atomic E-state index is 0.138. The molecule has 0 aliphatic rings. The zero-order valence-electron chi connectivity index (χ0n) is 7.63. The molecule has 0 bridgehead atoms. The smallest absolute Gasteiger partial charge is 0.221 e. The Kier molecular flexibility index (Phi) is 3.98. The molecule has 1 rings (SSSR count). The van der Waals surface area contributed by atoms with Gasteiger partial charge >= 0.3 is 0 Å². The molecule has 1 unspecified atom stereocenters. The van der Waals surface area contributed by atoms with Crippen molar-refractivity contribution in [2.45, 2.75) is 25.8 Å². The van der Waals surface area contributed by atoms with Crippen LogP contribution in [0.1, 0.15) is 18.9 Å². The van der Waals surface area contributed by atoms with Crippen LogP contribution in [0, 0.1) is 6.57 Å². The van der Waals surface area contributed by atoms with Gasteiger partial charge in [-0.25, -0.2) is 6.57 Å². The summed E-state index contributed by atoms with van der Waals surface area (Å²) in [6, 6.07) is 8.39. The molecule has 0 aliphatic carbocycles. The highest BCUT2D eigenvalue weighted by molar-refractivity contribution is 9.10. The van der Waals surface area contributed by atoms with Crippen LogP contribution in [0.5, 0.6) is 0 Å². The van der Waals surface area contributed by atoms with E-state index in [1.807, 2.05) is 19.1 Å². The van der Waals surface area contributed by atoms with Crippen molar-refractivity contribution in [2.75, 3.05) is 0 Å². The summed E-state index contributed by atoms with van der Waals surface area (Å²) in [6.07, 6.45) is 1.93. The molecule has 1 nitrogen and oxygen atoms in total. The van der Waals surface area contributed by atoms with Crippen LogP contribution >= 0.6 is 15.9 Å². The maximum absolute atomic E-state index is 6.83. The SMILES string of the molecule is [C-]#[N+]C(C)CCc1cccc(Br)c1. The maximum atomic E-state index is 6.83. The monoisotopic (exact) mass is 237 g/mol. The average molecular weight is 238 g/mol. The Labute approximate surface area is 87.7 Å². The van der Waals surface area contributed by atoms with Crippen LogP contribution in [-0.2, 0) is 6.42 Å². The number of hydrogen-bond acceptors (Lipinski definition) is 0. The van der Waals surface area contributed by atoms with E-state index in [0.29, 0.717) is 0 Å². The molecule has 2 heteroatoms. The lowest BCUT2D eigenvalue weighted by molar-refractivity contribution is 0.744. The van der Waals surface area contributed by atoms with Crippen LogP contribution in [0.4, 0.5) is 0 Å². The molecule has 0 N–H and O–H groups in total. The van der Waals surface area contributed by atoms with Crippen molar-refractivity contribution in [3.05, 3.63) is 45.7 Å². The van der Waals surface area contributed by atoms with Crippen molar-refractivity contribution in [1.82, 2.24) is 0 Å². The maximum Gasteiger partial charge on any atom is 0.221 e. The molecule has 1 atom stereocenters. The minimum absolute atomic E-state index is 0.138. The molecule has 0 aromatic heterocycles. The number of hydrogen-bond donors (Lipinski definition) is 0. The molecule has 0 heterocycles.